The Balaban J connectivity index is 1.63. The van der Waals surface area contributed by atoms with E-state index >= 15 is 0 Å². The van der Waals surface area contributed by atoms with Crippen LogP contribution >= 0.6 is 0 Å². The van der Waals surface area contributed by atoms with E-state index in [0.717, 1.165) is 31.5 Å². The van der Waals surface area contributed by atoms with Crippen LogP contribution < -0.4 is 4.74 Å². The SMILES string of the molecule is C[C@H](Oc1ccc(-c2nnco2)cc1)C(=O)N1CCCC1. The summed E-state index contributed by atoms with van der Waals surface area (Å²) >= 11 is 0. The lowest BCUT2D eigenvalue weighted by molar-refractivity contribution is -0.136. The summed E-state index contributed by atoms with van der Waals surface area (Å²) in [5, 5.41) is 7.48. The third-order valence-corrected chi connectivity index (χ3v) is 3.54. The van der Waals surface area contributed by atoms with Gasteiger partial charge in [-0.15, -0.1) is 10.2 Å². The van der Waals surface area contributed by atoms with E-state index in [4.69, 9.17) is 9.15 Å². The molecule has 0 N–H and O–H groups in total. The van der Waals surface area contributed by atoms with Crippen molar-refractivity contribution < 1.29 is 13.9 Å². The second-order valence-electron chi connectivity index (χ2n) is 5.06. The average Bonchev–Trinajstić information content (AvgIpc) is 3.20. The van der Waals surface area contributed by atoms with E-state index in [-0.39, 0.29) is 5.91 Å². The van der Waals surface area contributed by atoms with Gasteiger partial charge in [-0.2, -0.15) is 0 Å². The molecule has 0 radical (unpaired) electrons. The summed E-state index contributed by atoms with van der Waals surface area (Å²) in [6, 6.07) is 7.26. The lowest BCUT2D eigenvalue weighted by Gasteiger charge is -2.21. The number of aromatic nitrogens is 2. The molecule has 1 atom stereocenters. The van der Waals surface area contributed by atoms with Crippen molar-refractivity contribution >= 4 is 5.91 Å². The Hall–Kier alpha value is -2.37. The summed E-state index contributed by atoms with van der Waals surface area (Å²) in [5.74, 6) is 1.16. The van der Waals surface area contributed by atoms with Gasteiger partial charge >= 0.3 is 0 Å². The molecule has 0 aliphatic carbocycles. The van der Waals surface area contributed by atoms with Crippen molar-refractivity contribution in [3.05, 3.63) is 30.7 Å². The minimum absolute atomic E-state index is 0.0495. The van der Waals surface area contributed by atoms with Gasteiger partial charge in [-0.1, -0.05) is 0 Å². The zero-order valence-electron chi connectivity index (χ0n) is 11.9. The largest absolute Gasteiger partial charge is 0.481 e. The third-order valence-electron chi connectivity index (χ3n) is 3.54. The predicted molar refractivity (Wildman–Crippen MR) is 75.6 cm³/mol. The molecule has 1 aliphatic rings. The predicted octanol–water partition coefficient (Wildman–Crippen LogP) is 2.13. The maximum Gasteiger partial charge on any atom is 0.263 e. The zero-order chi connectivity index (χ0) is 14.7. The fourth-order valence-electron chi connectivity index (χ4n) is 2.42. The molecule has 1 saturated heterocycles. The Labute approximate surface area is 122 Å². The first kappa shape index (κ1) is 13.6. The van der Waals surface area contributed by atoms with Crippen LogP contribution in [0.25, 0.3) is 11.5 Å². The van der Waals surface area contributed by atoms with Crippen LogP contribution in [-0.4, -0.2) is 40.2 Å². The number of amides is 1. The van der Waals surface area contributed by atoms with Crippen LogP contribution in [0.15, 0.2) is 35.1 Å². The standard InChI is InChI=1S/C15H17N3O3/c1-11(15(19)18-8-2-3-9-18)21-13-6-4-12(5-7-13)14-17-16-10-20-14/h4-7,10-11H,2-3,8-9H2,1H3/t11-/m0/s1. The Morgan fingerprint density at radius 3 is 2.62 bits per heavy atom. The molecule has 3 rings (SSSR count). The minimum Gasteiger partial charge on any atom is -0.481 e. The van der Waals surface area contributed by atoms with Crippen LogP contribution in [0, 0.1) is 0 Å². The number of hydrogen-bond acceptors (Lipinski definition) is 5. The quantitative estimate of drug-likeness (QED) is 0.861. The van der Waals surface area contributed by atoms with Gasteiger partial charge in [0.2, 0.25) is 12.3 Å². The molecular formula is C15H17N3O3. The van der Waals surface area contributed by atoms with E-state index in [9.17, 15) is 4.79 Å². The molecule has 21 heavy (non-hydrogen) atoms. The minimum atomic E-state index is -0.475. The monoisotopic (exact) mass is 287 g/mol. The molecule has 1 aromatic heterocycles. The van der Waals surface area contributed by atoms with Crippen molar-refractivity contribution in [1.82, 2.24) is 15.1 Å². The highest BCUT2D eigenvalue weighted by Gasteiger charge is 2.24. The summed E-state index contributed by atoms with van der Waals surface area (Å²) in [6.45, 7) is 3.46. The lowest BCUT2D eigenvalue weighted by atomic mass is 10.2. The first-order chi connectivity index (χ1) is 10.2. The normalized spacial score (nSPS) is 16.0. The molecule has 6 nitrogen and oxygen atoms in total. The van der Waals surface area contributed by atoms with Crippen LogP contribution in [0.5, 0.6) is 5.75 Å². The van der Waals surface area contributed by atoms with Crippen molar-refractivity contribution in [1.29, 1.82) is 0 Å². The molecule has 0 saturated carbocycles. The zero-order valence-corrected chi connectivity index (χ0v) is 11.9. The Morgan fingerprint density at radius 1 is 1.29 bits per heavy atom. The number of likely N-dealkylation sites (tertiary alicyclic amines) is 1. The van der Waals surface area contributed by atoms with Gasteiger partial charge in [-0.3, -0.25) is 4.79 Å². The fourth-order valence-corrected chi connectivity index (χ4v) is 2.42. The van der Waals surface area contributed by atoms with Crippen molar-refractivity contribution in [2.45, 2.75) is 25.9 Å². The molecule has 6 heteroatoms. The molecule has 1 fully saturated rings. The first-order valence-corrected chi connectivity index (χ1v) is 7.06. The summed E-state index contributed by atoms with van der Waals surface area (Å²) in [4.78, 5) is 14.0. The molecule has 0 spiro atoms. The number of ether oxygens (including phenoxy) is 1. The molecule has 1 aromatic carbocycles. The smallest absolute Gasteiger partial charge is 0.263 e. The van der Waals surface area contributed by atoms with Gasteiger partial charge in [0.25, 0.3) is 5.91 Å². The van der Waals surface area contributed by atoms with Crippen LogP contribution in [0.3, 0.4) is 0 Å². The summed E-state index contributed by atoms with van der Waals surface area (Å²) in [5.41, 5.74) is 0.818. The van der Waals surface area contributed by atoms with E-state index < -0.39 is 6.10 Å². The summed E-state index contributed by atoms with van der Waals surface area (Å²) in [7, 11) is 0. The molecule has 2 aromatic rings. The number of rotatable bonds is 4. The summed E-state index contributed by atoms with van der Waals surface area (Å²) in [6.07, 6.45) is 2.97. The second-order valence-corrected chi connectivity index (χ2v) is 5.06. The van der Waals surface area contributed by atoms with Crippen LogP contribution in [0.1, 0.15) is 19.8 Å². The average molecular weight is 287 g/mol. The highest BCUT2D eigenvalue weighted by atomic mass is 16.5. The topological polar surface area (TPSA) is 68.5 Å². The van der Waals surface area contributed by atoms with Gasteiger partial charge in [0.1, 0.15) is 5.75 Å². The second kappa shape index (κ2) is 5.95. The molecule has 110 valence electrons. The van der Waals surface area contributed by atoms with Crippen molar-refractivity contribution in [3.8, 4) is 17.2 Å². The Kier molecular flexibility index (Phi) is 3.85. The van der Waals surface area contributed by atoms with Crippen LogP contribution in [-0.2, 0) is 4.79 Å². The Morgan fingerprint density at radius 2 is 2.00 bits per heavy atom. The Bertz CT molecular complexity index is 589. The number of hydrogen-bond donors (Lipinski definition) is 0. The number of carbonyl (C=O) groups is 1. The van der Waals surface area contributed by atoms with E-state index in [0.29, 0.717) is 11.6 Å². The van der Waals surface area contributed by atoms with Crippen molar-refractivity contribution in [3.63, 3.8) is 0 Å². The van der Waals surface area contributed by atoms with E-state index in [1.165, 1.54) is 6.39 Å². The molecule has 1 aliphatic heterocycles. The van der Waals surface area contributed by atoms with Gasteiger partial charge in [0, 0.05) is 18.7 Å². The van der Waals surface area contributed by atoms with Crippen LogP contribution in [0.2, 0.25) is 0 Å². The molecule has 2 heterocycles. The van der Waals surface area contributed by atoms with Gasteiger partial charge in [-0.25, -0.2) is 0 Å². The molecule has 0 bridgehead atoms. The summed E-state index contributed by atoms with van der Waals surface area (Å²) < 4.78 is 10.8. The van der Waals surface area contributed by atoms with Crippen molar-refractivity contribution in [2.24, 2.45) is 0 Å². The van der Waals surface area contributed by atoms with Gasteiger partial charge in [0.15, 0.2) is 6.10 Å². The first-order valence-electron chi connectivity index (χ1n) is 7.06. The maximum atomic E-state index is 12.2. The lowest BCUT2D eigenvalue weighted by Crippen LogP contribution is -2.38. The molecule has 1 amide bonds. The van der Waals surface area contributed by atoms with E-state index in [1.807, 2.05) is 17.0 Å². The van der Waals surface area contributed by atoms with Crippen molar-refractivity contribution in [2.75, 3.05) is 13.1 Å². The van der Waals surface area contributed by atoms with Crippen LogP contribution in [0.4, 0.5) is 0 Å². The van der Waals surface area contributed by atoms with E-state index in [1.54, 1.807) is 19.1 Å². The highest BCUT2D eigenvalue weighted by Crippen LogP contribution is 2.21. The number of nitrogens with zero attached hydrogens (tertiary/aromatic N) is 3. The molecular weight excluding hydrogens is 270 g/mol. The van der Waals surface area contributed by atoms with E-state index in [2.05, 4.69) is 10.2 Å². The van der Waals surface area contributed by atoms with Gasteiger partial charge < -0.3 is 14.1 Å². The highest BCUT2D eigenvalue weighted by molar-refractivity contribution is 5.81. The third kappa shape index (κ3) is 3.04. The number of carbonyl (C=O) groups excluding carboxylic acids is 1. The van der Waals surface area contributed by atoms with Gasteiger partial charge in [-0.05, 0) is 44.0 Å². The van der Waals surface area contributed by atoms with Gasteiger partial charge in [0.05, 0.1) is 0 Å². The molecule has 0 unspecified atom stereocenters. The number of benzene rings is 1. The maximum absolute atomic E-state index is 12.2. The fraction of sp³-hybridized carbons (Fsp3) is 0.400.